The topological polar surface area (TPSA) is 102 Å². The van der Waals surface area contributed by atoms with Crippen LogP contribution in [-0.4, -0.2) is 52.4 Å². The highest BCUT2D eigenvalue weighted by Gasteiger charge is 2.21. The first-order valence-corrected chi connectivity index (χ1v) is 10.5. The van der Waals surface area contributed by atoms with E-state index in [1.165, 1.54) is 51.6 Å². The minimum Gasteiger partial charge on any atom is -0.496 e. The zero-order valence-corrected chi connectivity index (χ0v) is 18.2. The van der Waals surface area contributed by atoms with Gasteiger partial charge >= 0.3 is 5.97 Å². The van der Waals surface area contributed by atoms with Crippen molar-refractivity contribution in [2.45, 2.75) is 4.90 Å². The van der Waals surface area contributed by atoms with Gasteiger partial charge in [-0.1, -0.05) is 29.8 Å². The maximum absolute atomic E-state index is 12.3. The third-order valence-electron chi connectivity index (χ3n) is 3.86. The molecule has 0 aliphatic rings. The van der Waals surface area contributed by atoms with Gasteiger partial charge in [0, 0.05) is 31.4 Å². The Morgan fingerprint density at radius 3 is 2.53 bits per heavy atom. The van der Waals surface area contributed by atoms with E-state index in [0.717, 1.165) is 4.31 Å². The molecular formula is C20H21ClN2O6S. The Kier molecular flexibility index (Phi) is 7.99. The normalized spacial score (nSPS) is 11.5. The Hall–Kier alpha value is -2.88. The summed E-state index contributed by atoms with van der Waals surface area (Å²) in [5, 5.41) is 2.49. The zero-order valence-electron chi connectivity index (χ0n) is 16.6. The molecule has 1 amide bonds. The third-order valence-corrected chi connectivity index (χ3v) is 6.15. The van der Waals surface area contributed by atoms with Crippen LogP contribution in [0.25, 0.3) is 6.08 Å². The monoisotopic (exact) mass is 452 g/mol. The molecule has 0 fully saturated rings. The molecule has 160 valence electrons. The van der Waals surface area contributed by atoms with E-state index in [4.69, 9.17) is 21.1 Å². The van der Waals surface area contributed by atoms with E-state index in [1.807, 2.05) is 0 Å². The van der Waals surface area contributed by atoms with Crippen LogP contribution in [0.1, 0.15) is 5.56 Å². The quantitative estimate of drug-likeness (QED) is 0.488. The Labute approximate surface area is 180 Å². The molecule has 0 radical (unpaired) electrons. The first-order valence-electron chi connectivity index (χ1n) is 8.65. The molecule has 0 aliphatic heterocycles. The molecule has 0 aromatic heterocycles. The second kappa shape index (κ2) is 10.2. The van der Waals surface area contributed by atoms with Crippen LogP contribution in [-0.2, 0) is 24.3 Å². The van der Waals surface area contributed by atoms with E-state index in [9.17, 15) is 18.0 Å². The molecule has 30 heavy (non-hydrogen) atoms. The van der Waals surface area contributed by atoms with E-state index < -0.39 is 28.5 Å². The fraction of sp³-hybridized carbons (Fsp3) is 0.200. The Morgan fingerprint density at radius 1 is 1.17 bits per heavy atom. The van der Waals surface area contributed by atoms with Crippen LogP contribution in [0.5, 0.6) is 5.75 Å². The molecule has 0 aliphatic carbocycles. The number of sulfonamides is 1. The number of benzene rings is 2. The van der Waals surface area contributed by atoms with Crippen LogP contribution in [0.4, 0.5) is 5.69 Å². The number of rotatable bonds is 8. The number of carbonyl (C=O) groups excluding carboxylic acids is 2. The lowest BCUT2D eigenvalue weighted by atomic mass is 10.2. The van der Waals surface area contributed by atoms with Gasteiger partial charge in [0.1, 0.15) is 10.6 Å². The second-order valence-corrected chi connectivity index (χ2v) is 8.69. The second-order valence-electron chi connectivity index (χ2n) is 6.16. The molecule has 2 rings (SSSR count). The molecule has 8 nitrogen and oxygen atoms in total. The molecule has 0 atom stereocenters. The highest BCUT2D eigenvalue weighted by Crippen LogP contribution is 2.26. The largest absolute Gasteiger partial charge is 0.496 e. The fourth-order valence-corrected chi connectivity index (χ4v) is 3.71. The van der Waals surface area contributed by atoms with Crippen molar-refractivity contribution in [3.63, 3.8) is 0 Å². The molecule has 0 saturated heterocycles. The van der Waals surface area contributed by atoms with Gasteiger partial charge in [0.05, 0.1) is 12.1 Å². The van der Waals surface area contributed by atoms with E-state index in [-0.39, 0.29) is 15.6 Å². The maximum Gasteiger partial charge on any atom is 0.331 e. The number of methoxy groups -OCH3 is 1. The Morgan fingerprint density at radius 2 is 1.87 bits per heavy atom. The van der Waals surface area contributed by atoms with Crippen LogP contribution < -0.4 is 10.1 Å². The first kappa shape index (κ1) is 23.4. The van der Waals surface area contributed by atoms with Crippen molar-refractivity contribution in [3.05, 3.63) is 59.1 Å². The highest BCUT2D eigenvalue weighted by molar-refractivity contribution is 7.89. The van der Waals surface area contributed by atoms with E-state index >= 15 is 0 Å². The van der Waals surface area contributed by atoms with E-state index in [0.29, 0.717) is 11.3 Å². The summed E-state index contributed by atoms with van der Waals surface area (Å²) in [5.74, 6) is -0.766. The van der Waals surface area contributed by atoms with Crippen molar-refractivity contribution in [3.8, 4) is 5.75 Å². The van der Waals surface area contributed by atoms with Crippen LogP contribution >= 0.6 is 11.6 Å². The van der Waals surface area contributed by atoms with Crippen molar-refractivity contribution < 1.29 is 27.5 Å². The molecule has 2 aromatic carbocycles. The lowest BCUT2D eigenvalue weighted by Gasteiger charge is -2.14. The van der Waals surface area contributed by atoms with Gasteiger partial charge < -0.3 is 14.8 Å². The van der Waals surface area contributed by atoms with Gasteiger partial charge in [0.2, 0.25) is 10.0 Å². The zero-order chi connectivity index (χ0) is 22.3. The summed E-state index contributed by atoms with van der Waals surface area (Å²) in [6, 6.07) is 11.1. The first-order chi connectivity index (χ1) is 14.1. The van der Waals surface area contributed by atoms with Crippen LogP contribution in [0, 0.1) is 0 Å². The SMILES string of the molecule is COc1ccccc1/C=C/C(=O)OCC(=O)Nc1ccc(Cl)c(S(=O)(=O)N(C)C)c1. The number of halogens is 1. The van der Waals surface area contributed by atoms with Crippen molar-refractivity contribution >= 4 is 45.3 Å². The van der Waals surface area contributed by atoms with Crippen LogP contribution in [0.2, 0.25) is 5.02 Å². The number of ether oxygens (including phenoxy) is 2. The Bertz CT molecular complexity index is 1070. The number of nitrogens with one attached hydrogen (secondary N) is 1. The van der Waals surface area contributed by atoms with Gasteiger partial charge in [-0.05, 0) is 30.3 Å². The summed E-state index contributed by atoms with van der Waals surface area (Å²) in [7, 11) is 0.469. The van der Waals surface area contributed by atoms with Gasteiger partial charge in [0.15, 0.2) is 6.61 Å². The van der Waals surface area contributed by atoms with Gasteiger partial charge in [-0.25, -0.2) is 17.5 Å². The van der Waals surface area contributed by atoms with Crippen molar-refractivity contribution in [2.24, 2.45) is 0 Å². The smallest absolute Gasteiger partial charge is 0.331 e. The predicted molar refractivity (Wildman–Crippen MR) is 114 cm³/mol. The summed E-state index contributed by atoms with van der Waals surface area (Å²) in [6.45, 7) is -0.548. The van der Waals surface area contributed by atoms with Crippen LogP contribution in [0.15, 0.2) is 53.4 Å². The van der Waals surface area contributed by atoms with E-state index in [2.05, 4.69) is 5.32 Å². The molecule has 10 heteroatoms. The average molecular weight is 453 g/mol. The van der Waals surface area contributed by atoms with Crippen molar-refractivity contribution in [2.75, 3.05) is 33.1 Å². The van der Waals surface area contributed by atoms with Crippen molar-refractivity contribution in [1.29, 1.82) is 0 Å². The number of esters is 1. The number of nitrogens with zero attached hydrogens (tertiary/aromatic N) is 1. The summed E-state index contributed by atoms with van der Waals surface area (Å²) in [4.78, 5) is 23.7. The number of anilines is 1. The number of hydrogen-bond donors (Lipinski definition) is 1. The summed E-state index contributed by atoms with van der Waals surface area (Å²) in [6.07, 6.45) is 2.69. The minimum absolute atomic E-state index is 0.0228. The van der Waals surface area contributed by atoms with Gasteiger partial charge in [0.25, 0.3) is 5.91 Å². The molecule has 0 bridgehead atoms. The number of carbonyl (C=O) groups is 2. The van der Waals surface area contributed by atoms with E-state index in [1.54, 1.807) is 24.3 Å². The maximum atomic E-state index is 12.3. The molecule has 1 N–H and O–H groups in total. The van der Waals surface area contributed by atoms with Gasteiger partial charge in [-0.3, -0.25) is 4.79 Å². The van der Waals surface area contributed by atoms with Gasteiger partial charge in [-0.15, -0.1) is 0 Å². The lowest BCUT2D eigenvalue weighted by molar-refractivity contribution is -0.142. The molecule has 0 saturated carbocycles. The van der Waals surface area contributed by atoms with Crippen LogP contribution in [0.3, 0.4) is 0 Å². The molecule has 2 aromatic rings. The number of amides is 1. The minimum atomic E-state index is -3.79. The van der Waals surface area contributed by atoms with Crippen molar-refractivity contribution in [1.82, 2.24) is 4.31 Å². The third kappa shape index (κ3) is 6.06. The van der Waals surface area contributed by atoms with Gasteiger partial charge in [-0.2, -0.15) is 0 Å². The number of hydrogen-bond acceptors (Lipinski definition) is 6. The molecule has 0 unspecified atom stereocenters. The lowest BCUT2D eigenvalue weighted by Crippen LogP contribution is -2.23. The molecule has 0 heterocycles. The fourth-order valence-electron chi connectivity index (χ4n) is 2.32. The predicted octanol–water partition coefficient (Wildman–Crippen LogP) is 2.79. The summed E-state index contributed by atoms with van der Waals surface area (Å²) in [5.41, 5.74) is 0.877. The molecular weight excluding hydrogens is 432 g/mol. The Balaban J connectivity index is 1.98. The standard InChI is InChI=1S/C20H21ClN2O6S/c1-23(2)30(26,27)18-12-15(9-10-16(18)21)22-19(24)13-29-20(25)11-8-14-6-4-5-7-17(14)28-3/h4-12H,13H2,1-3H3,(H,22,24)/b11-8+. The molecule has 0 spiro atoms. The average Bonchev–Trinajstić information content (AvgIpc) is 2.72. The number of para-hydroxylation sites is 1. The summed E-state index contributed by atoms with van der Waals surface area (Å²) < 4.78 is 35.7. The highest BCUT2D eigenvalue weighted by atomic mass is 35.5. The summed E-state index contributed by atoms with van der Waals surface area (Å²) >= 11 is 5.97.